The Balaban J connectivity index is 2.40. The molecule has 5 heteroatoms. The molecule has 74 valence electrons. The van der Waals surface area contributed by atoms with E-state index in [9.17, 15) is 0 Å². The molecular weight excluding hydrogens is 230 g/mol. The molecule has 0 aliphatic heterocycles. The molecule has 0 N–H and O–H groups in total. The van der Waals surface area contributed by atoms with Crippen LogP contribution in [-0.2, 0) is 6.42 Å². The van der Waals surface area contributed by atoms with E-state index in [2.05, 4.69) is 16.0 Å². The summed E-state index contributed by atoms with van der Waals surface area (Å²) < 4.78 is 0. The molecule has 3 nitrogen and oxygen atoms in total. The number of nitrogens with zero attached hydrogens (tertiary/aromatic N) is 3. The van der Waals surface area contributed by atoms with Crippen LogP contribution < -0.4 is 0 Å². The summed E-state index contributed by atoms with van der Waals surface area (Å²) in [6.07, 6.45) is 3.73. The zero-order chi connectivity index (χ0) is 10.7. The van der Waals surface area contributed by atoms with Gasteiger partial charge in [-0.25, -0.2) is 4.98 Å². The number of thiazole rings is 1. The Morgan fingerprint density at radius 3 is 3.07 bits per heavy atom. The summed E-state index contributed by atoms with van der Waals surface area (Å²) >= 11 is 7.33. The monoisotopic (exact) mass is 235 g/mol. The van der Waals surface area contributed by atoms with Crippen molar-refractivity contribution in [3.63, 3.8) is 0 Å². The van der Waals surface area contributed by atoms with Crippen LogP contribution in [-0.4, -0.2) is 9.97 Å². The fourth-order valence-electron chi connectivity index (χ4n) is 1.13. The summed E-state index contributed by atoms with van der Waals surface area (Å²) in [6.45, 7) is 0. The highest BCUT2D eigenvalue weighted by atomic mass is 35.5. The summed E-state index contributed by atoms with van der Waals surface area (Å²) in [5, 5.41) is 9.80. The molecule has 0 bridgehead atoms. The standard InChI is InChI=1S/C10H6ClN3S/c11-9-8(3-4-12)15-10(14-9)7-2-1-5-13-6-7/h1-2,5-6H,3H2. The average molecular weight is 236 g/mol. The molecule has 0 aromatic carbocycles. The number of halogens is 1. The van der Waals surface area contributed by atoms with E-state index < -0.39 is 0 Å². The zero-order valence-electron chi connectivity index (χ0n) is 7.64. The Morgan fingerprint density at radius 1 is 1.53 bits per heavy atom. The minimum absolute atomic E-state index is 0.302. The van der Waals surface area contributed by atoms with Crippen LogP contribution in [0, 0.1) is 11.3 Å². The molecule has 15 heavy (non-hydrogen) atoms. The fourth-order valence-corrected chi connectivity index (χ4v) is 2.32. The topological polar surface area (TPSA) is 49.6 Å². The van der Waals surface area contributed by atoms with Crippen LogP contribution in [0.15, 0.2) is 24.5 Å². The molecule has 0 aliphatic rings. The Kier molecular flexibility index (Phi) is 2.95. The van der Waals surface area contributed by atoms with Crippen LogP contribution in [0.4, 0.5) is 0 Å². The lowest BCUT2D eigenvalue weighted by molar-refractivity contribution is 1.27. The predicted molar refractivity (Wildman–Crippen MR) is 59.7 cm³/mol. The van der Waals surface area contributed by atoms with Crippen molar-refractivity contribution < 1.29 is 0 Å². The van der Waals surface area contributed by atoms with Crippen LogP contribution in [0.3, 0.4) is 0 Å². The maximum atomic E-state index is 8.58. The Morgan fingerprint density at radius 2 is 2.40 bits per heavy atom. The van der Waals surface area contributed by atoms with Crippen LogP contribution in [0.2, 0.25) is 5.15 Å². The molecule has 0 fully saturated rings. The molecule has 0 spiro atoms. The van der Waals surface area contributed by atoms with Gasteiger partial charge in [-0.15, -0.1) is 11.3 Å². The molecule has 0 saturated heterocycles. The van der Waals surface area contributed by atoms with E-state index in [1.807, 2.05) is 12.1 Å². The first-order valence-corrected chi connectivity index (χ1v) is 5.43. The van der Waals surface area contributed by atoms with Gasteiger partial charge in [0.05, 0.1) is 17.4 Å². The van der Waals surface area contributed by atoms with Crippen molar-refractivity contribution in [2.75, 3.05) is 0 Å². The van der Waals surface area contributed by atoms with Crippen molar-refractivity contribution in [1.82, 2.24) is 9.97 Å². The largest absolute Gasteiger partial charge is 0.264 e. The van der Waals surface area contributed by atoms with E-state index in [4.69, 9.17) is 16.9 Å². The van der Waals surface area contributed by atoms with E-state index in [-0.39, 0.29) is 0 Å². The molecule has 0 amide bonds. The summed E-state index contributed by atoms with van der Waals surface area (Å²) in [4.78, 5) is 9.00. The first-order valence-electron chi connectivity index (χ1n) is 4.24. The van der Waals surface area contributed by atoms with Gasteiger partial charge in [-0.1, -0.05) is 11.6 Å². The highest BCUT2D eigenvalue weighted by Crippen LogP contribution is 2.30. The number of hydrogen-bond donors (Lipinski definition) is 0. The molecule has 0 atom stereocenters. The van der Waals surface area contributed by atoms with Crippen molar-refractivity contribution in [2.45, 2.75) is 6.42 Å². The molecule has 2 heterocycles. The van der Waals surface area contributed by atoms with Gasteiger partial charge in [0.25, 0.3) is 0 Å². The van der Waals surface area contributed by atoms with Crippen molar-refractivity contribution in [3.05, 3.63) is 34.6 Å². The maximum absolute atomic E-state index is 8.58. The van der Waals surface area contributed by atoms with E-state index >= 15 is 0 Å². The second kappa shape index (κ2) is 4.39. The van der Waals surface area contributed by atoms with Gasteiger partial charge >= 0.3 is 0 Å². The molecule has 2 aromatic heterocycles. The highest BCUT2D eigenvalue weighted by Gasteiger charge is 2.10. The van der Waals surface area contributed by atoms with Crippen molar-refractivity contribution in [1.29, 1.82) is 5.26 Å². The number of pyridine rings is 1. The number of rotatable bonds is 2. The Hall–Kier alpha value is -1.44. The third-order valence-electron chi connectivity index (χ3n) is 1.80. The molecular formula is C10H6ClN3S. The van der Waals surface area contributed by atoms with Crippen LogP contribution in [0.5, 0.6) is 0 Å². The first kappa shape index (κ1) is 10.1. The smallest absolute Gasteiger partial charge is 0.144 e. The number of nitriles is 1. The Bertz CT molecular complexity index is 501. The molecule has 0 aliphatic carbocycles. The van der Waals surface area contributed by atoms with Gasteiger partial charge in [-0.2, -0.15) is 5.26 Å². The quantitative estimate of drug-likeness (QED) is 0.804. The van der Waals surface area contributed by atoms with E-state index in [1.165, 1.54) is 11.3 Å². The minimum atomic E-state index is 0.302. The maximum Gasteiger partial charge on any atom is 0.144 e. The van der Waals surface area contributed by atoms with Gasteiger partial charge in [0.15, 0.2) is 0 Å². The van der Waals surface area contributed by atoms with Crippen LogP contribution in [0.25, 0.3) is 10.6 Å². The number of aromatic nitrogens is 2. The van der Waals surface area contributed by atoms with E-state index in [1.54, 1.807) is 12.4 Å². The third-order valence-corrected chi connectivity index (χ3v) is 3.33. The summed E-state index contributed by atoms with van der Waals surface area (Å²) in [6, 6.07) is 5.82. The summed E-state index contributed by atoms with van der Waals surface area (Å²) in [7, 11) is 0. The van der Waals surface area contributed by atoms with E-state index in [0.29, 0.717) is 11.6 Å². The van der Waals surface area contributed by atoms with Crippen LogP contribution >= 0.6 is 22.9 Å². The predicted octanol–water partition coefficient (Wildman–Crippen LogP) is 2.92. The van der Waals surface area contributed by atoms with Gasteiger partial charge in [-0.05, 0) is 12.1 Å². The fraction of sp³-hybridized carbons (Fsp3) is 0.100. The highest BCUT2D eigenvalue weighted by molar-refractivity contribution is 7.15. The van der Waals surface area contributed by atoms with Crippen molar-refractivity contribution >= 4 is 22.9 Å². The molecule has 0 radical (unpaired) electrons. The molecule has 2 aromatic rings. The van der Waals surface area contributed by atoms with Crippen molar-refractivity contribution in [2.24, 2.45) is 0 Å². The van der Waals surface area contributed by atoms with Crippen molar-refractivity contribution in [3.8, 4) is 16.6 Å². The zero-order valence-corrected chi connectivity index (χ0v) is 9.22. The van der Waals surface area contributed by atoms with Gasteiger partial charge < -0.3 is 0 Å². The third kappa shape index (κ3) is 2.14. The second-order valence-electron chi connectivity index (χ2n) is 2.81. The van der Waals surface area contributed by atoms with E-state index in [0.717, 1.165) is 15.4 Å². The van der Waals surface area contributed by atoms with Gasteiger partial charge in [0, 0.05) is 18.0 Å². The van der Waals surface area contributed by atoms with Gasteiger partial charge in [-0.3, -0.25) is 4.98 Å². The lowest BCUT2D eigenvalue weighted by Gasteiger charge is -1.91. The Labute approximate surface area is 96.0 Å². The summed E-state index contributed by atoms with van der Waals surface area (Å²) in [5.41, 5.74) is 0.925. The average Bonchev–Trinajstić information content (AvgIpc) is 2.63. The van der Waals surface area contributed by atoms with Gasteiger partial charge in [0.2, 0.25) is 0 Å². The molecule has 0 saturated carbocycles. The van der Waals surface area contributed by atoms with Crippen LogP contribution in [0.1, 0.15) is 4.88 Å². The minimum Gasteiger partial charge on any atom is -0.264 e. The SMILES string of the molecule is N#CCc1sc(-c2cccnc2)nc1Cl. The first-order chi connectivity index (χ1) is 7.31. The normalized spacial score (nSPS) is 9.87. The lowest BCUT2D eigenvalue weighted by Crippen LogP contribution is -1.76. The lowest BCUT2D eigenvalue weighted by atomic mass is 10.3. The molecule has 0 unspecified atom stereocenters. The number of hydrogen-bond acceptors (Lipinski definition) is 4. The molecule has 2 rings (SSSR count). The van der Waals surface area contributed by atoms with Gasteiger partial charge in [0.1, 0.15) is 10.2 Å². The second-order valence-corrected chi connectivity index (χ2v) is 4.25. The summed E-state index contributed by atoms with van der Waals surface area (Å²) in [5.74, 6) is 0.